The summed E-state index contributed by atoms with van der Waals surface area (Å²) in [5.41, 5.74) is 2.17. The van der Waals surface area contributed by atoms with Gasteiger partial charge in [-0.1, -0.05) is 60.7 Å². The summed E-state index contributed by atoms with van der Waals surface area (Å²) in [4.78, 5) is 43.1. The van der Waals surface area contributed by atoms with E-state index in [9.17, 15) is 14.2 Å². The molecule has 0 fully saturated rings. The third-order valence-electron chi connectivity index (χ3n) is 4.42. The first-order valence-corrected chi connectivity index (χ1v) is 11.2. The number of ether oxygens (including phenoxy) is 1. The van der Waals surface area contributed by atoms with Gasteiger partial charge >= 0.3 is 13.8 Å². The van der Waals surface area contributed by atoms with E-state index >= 15 is 0 Å². The molecule has 0 saturated heterocycles. The molecule has 0 heterocycles. The Balaban J connectivity index is 1.62. The zero-order chi connectivity index (χ0) is 23.0. The Morgan fingerprint density at radius 1 is 0.844 bits per heavy atom. The van der Waals surface area contributed by atoms with Gasteiger partial charge in [0.1, 0.15) is 6.61 Å². The highest BCUT2D eigenvalue weighted by Gasteiger charge is 2.28. The molecule has 32 heavy (non-hydrogen) atoms. The highest BCUT2D eigenvalue weighted by atomic mass is 31.2. The molecule has 3 N–H and O–H groups in total. The number of carbonyl (C=O) groups is 2. The topological polar surface area (TPSA) is 122 Å². The van der Waals surface area contributed by atoms with Crippen molar-refractivity contribution in [2.24, 2.45) is 0 Å². The fourth-order valence-corrected chi connectivity index (χ4v) is 3.39. The predicted octanol–water partition coefficient (Wildman–Crippen LogP) is 3.70. The van der Waals surface area contributed by atoms with Crippen LogP contribution in [0.25, 0.3) is 0 Å². The number of hydrogen-bond donors (Lipinski definition) is 3. The van der Waals surface area contributed by atoms with Crippen LogP contribution in [-0.4, -0.2) is 27.8 Å². The zero-order valence-corrected chi connectivity index (χ0v) is 17.9. The molecule has 0 aromatic heterocycles. The maximum atomic E-state index is 12.6. The van der Waals surface area contributed by atoms with Crippen LogP contribution in [0.5, 0.6) is 0 Å². The quantitative estimate of drug-likeness (QED) is 0.332. The van der Waals surface area contributed by atoms with E-state index in [1.54, 1.807) is 30.3 Å². The standard InChI is InChI=1S/C23H22NO7P/c25-22(21(31-32(27,28)29)15-17-7-3-1-4-8-17)24-20-13-11-19(12-14-20)23(26)30-16-18-9-5-2-6-10-18/h1-14,21H,15-16H2,(H,24,25)(H2,27,28,29). The van der Waals surface area contributed by atoms with Crippen LogP contribution in [0.15, 0.2) is 84.9 Å². The summed E-state index contributed by atoms with van der Waals surface area (Å²) in [5, 5.41) is 2.55. The van der Waals surface area contributed by atoms with Gasteiger partial charge in [-0.25, -0.2) is 9.36 Å². The van der Waals surface area contributed by atoms with Crippen molar-refractivity contribution >= 4 is 25.4 Å². The molecule has 8 nitrogen and oxygen atoms in total. The second-order valence-corrected chi connectivity index (χ2v) is 8.09. The van der Waals surface area contributed by atoms with Crippen molar-refractivity contribution in [1.29, 1.82) is 0 Å². The highest BCUT2D eigenvalue weighted by Crippen LogP contribution is 2.38. The fourth-order valence-electron chi connectivity index (χ4n) is 2.89. The molecule has 0 aliphatic carbocycles. The maximum Gasteiger partial charge on any atom is 0.470 e. The Kier molecular flexibility index (Phi) is 7.92. The van der Waals surface area contributed by atoms with E-state index in [-0.39, 0.29) is 13.0 Å². The second kappa shape index (κ2) is 10.8. The number of nitrogens with one attached hydrogen (secondary N) is 1. The van der Waals surface area contributed by atoms with Gasteiger partial charge in [-0.3, -0.25) is 9.32 Å². The zero-order valence-electron chi connectivity index (χ0n) is 17.0. The van der Waals surface area contributed by atoms with Crippen molar-refractivity contribution in [1.82, 2.24) is 0 Å². The third kappa shape index (κ3) is 7.44. The minimum absolute atomic E-state index is 0.0261. The summed E-state index contributed by atoms with van der Waals surface area (Å²) in [7, 11) is -4.89. The molecule has 9 heteroatoms. The maximum absolute atomic E-state index is 12.6. The summed E-state index contributed by atoms with van der Waals surface area (Å²) in [6, 6.07) is 23.9. The Morgan fingerprint density at radius 2 is 1.41 bits per heavy atom. The summed E-state index contributed by atoms with van der Waals surface area (Å²) >= 11 is 0. The van der Waals surface area contributed by atoms with E-state index < -0.39 is 25.8 Å². The number of esters is 1. The predicted molar refractivity (Wildman–Crippen MR) is 118 cm³/mol. The van der Waals surface area contributed by atoms with Crippen LogP contribution in [0.4, 0.5) is 5.69 Å². The molecule has 166 valence electrons. The van der Waals surface area contributed by atoms with Gasteiger partial charge in [0.05, 0.1) is 5.56 Å². The summed E-state index contributed by atoms with van der Waals surface area (Å²) in [5.74, 6) is -1.24. The Morgan fingerprint density at radius 3 is 1.97 bits per heavy atom. The lowest BCUT2D eigenvalue weighted by atomic mass is 10.1. The molecular formula is C23H22NO7P. The Labute approximate surface area is 185 Å². The first kappa shape index (κ1) is 23.4. The average molecular weight is 455 g/mol. The van der Waals surface area contributed by atoms with Gasteiger partial charge in [-0.05, 0) is 35.4 Å². The van der Waals surface area contributed by atoms with Crippen molar-refractivity contribution in [3.63, 3.8) is 0 Å². The first-order chi connectivity index (χ1) is 15.3. The monoisotopic (exact) mass is 455 g/mol. The minimum Gasteiger partial charge on any atom is -0.457 e. The molecule has 0 bridgehead atoms. The lowest BCUT2D eigenvalue weighted by molar-refractivity contribution is -0.123. The molecule has 0 spiro atoms. The lowest BCUT2D eigenvalue weighted by Crippen LogP contribution is -2.31. The normalized spacial score (nSPS) is 12.1. The summed E-state index contributed by atoms with van der Waals surface area (Å²) < 4.78 is 21.3. The molecule has 1 atom stereocenters. The molecule has 1 amide bonds. The van der Waals surface area contributed by atoms with Crippen LogP contribution in [0.1, 0.15) is 21.5 Å². The number of rotatable bonds is 9. The van der Waals surface area contributed by atoms with Gasteiger partial charge in [0.15, 0.2) is 6.10 Å². The summed E-state index contributed by atoms with van der Waals surface area (Å²) in [6.45, 7) is 0.138. The van der Waals surface area contributed by atoms with E-state index in [4.69, 9.17) is 19.0 Å². The molecule has 0 aliphatic rings. The Bertz CT molecular complexity index is 1080. The fraction of sp³-hybridized carbons (Fsp3) is 0.130. The first-order valence-electron chi connectivity index (χ1n) is 9.70. The largest absolute Gasteiger partial charge is 0.470 e. The molecule has 0 saturated carbocycles. The second-order valence-electron chi connectivity index (χ2n) is 6.90. The van der Waals surface area contributed by atoms with E-state index in [1.165, 1.54) is 24.3 Å². The van der Waals surface area contributed by atoms with Gasteiger partial charge in [0.25, 0.3) is 5.91 Å². The van der Waals surface area contributed by atoms with Crippen LogP contribution in [0, 0.1) is 0 Å². The third-order valence-corrected chi connectivity index (χ3v) is 4.95. The van der Waals surface area contributed by atoms with Crippen LogP contribution >= 0.6 is 7.82 Å². The van der Waals surface area contributed by atoms with Gasteiger partial charge in [0, 0.05) is 12.1 Å². The van der Waals surface area contributed by atoms with Crippen molar-refractivity contribution in [2.45, 2.75) is 19.1 Å². The van der Waals surface area contributed by atoms with Gasteiger partial charge in [0.2, 0.25) is 0 Å². The molecule has 3 aromatic carbocycles. The van der Waals surface area contributed by atoms with Gasteiger partial charge in [-0.2, -0.15) is 0 Å². The number of hydrogen-bond acceptors (Lipinski definition) is 5. The van der Waals surface area contributed by atoms with E-state index in [2.05, 4.69) is 5.32 Å². The average Bonchev–Trinajstić information content (AvgIpc) is 2.78. The van der Waals surface area contributed by atoms with E-state index in [1.807, 2.05) is 30.3 Å². The van der Waals surface area contributed by atoms with E-state index in [0.29, 0.717) is 16.8 Å². The smallest absolute Gasteiger partial charge is 0.457 e. The summed E-state index contributed by atoms with van der Waals surface area (Å²) in [6.07, 6.45) is -1.43. The number of anilines is 1. The van der Waals surface area contributed by atoms with Gasteiger partial charge < -0.3 is 19.8 Å². The number of benzene rings is 3. The van der Waals surface area contributed by atoms with Crippen molar-refractivity contribution in [3.05, 3.63) is 102 Å². The van der Waals surface area contributed by atoms with Crippen LogP contribution in [0.2, 0.25) is 0 Å². The lowest BCUT2D eigenvalue weighted by Gasteiger charge is -2.18. The molecule has 0 radical (unpaired) electrons. The Hall–Kier alpha value is -3.29. The highest BCUT2D eigenvalue weighted by molar-refractivity contribution is 7.46. The number of carbonyl (C=O) groups excluding carboxylic acids is 2. The molecule has 3 aromatic rings. The van der Waals surface area contributed by atoms with Crippen LogP contribution in [0.3, 0.4) is 0 Å². The molecule has 1 unspecified atom stereocenters. The minimum atomic E-state index is -4.89. The van der Waals surface area contributed by atoms with Gasteiger partial charge in [-0.15, -0.1) is 0 Å². The number of amides is 1. The number of phosphoric acid groups is 1. The SMILES string of the molecule is O=C(OCc1ccccc1)c1ccc(NC(=O)C(Cc2ccccc2)OP(=O)(O)O)cc1. The number of phosphoric ester groups is 1. The van der Waals surface area contributed by atoms with E-state index in [0.717, 1.165) is 5.56 Å². The van der Waals surface area contributed by atoms with Crippen molar-refractivity contribution in [3.8, 4) is 0 Å². The molecule has 0 aliphatic heterocycles. The molecular weight excluding hydrogens is 433 g/mol. The molecule has 3 rings (SSSR count). The van der Waals surface area contributed by atoms with Crippen LogP contribution in [-0.2, 0) is 31.6 Å². The van der Waals surface area contributed by atoms with Crippen molar-refractivity contribution < 1.29 is 33.2 Å². The van der Waals surface area contributed by atoms with Crippen molar-refractivity contribution in [2.75, 3.05) is 5.32 Å². The van der Waals surface area contributed by atoms with Crippen LogP contribution < -0.4 is 5.32 Å².